The molecule has 0 aliphatic carbocycles. The number of nitrogens with one attached hydrogen (secondary N) is 1. The Kier molecular flexibility index (Phi) is 3.67. The number of aryl methyl sites for hydroxylation is 1. The minimum atomic E-state index is 0.0421. The fraction of sp³-hybridized carbons (Fsp3) is 0.692. The van der Waals surface area contributed by atoms with Crippen molar-refractivity contribution in [2.45, 2.75) is 51.8 Å². The number of thiophene rings is 1. The first-order valence-electron chi connectivity index (χ1n) is 5.97. The van der Waals surface area contributed by atoms with Gasteiger partial charge in [-0.2, -0.15) is 0 Å². The second kappa shape index (κ2) is 4.86. The Morgan fingerprint density at radius 2 is 2.38 bits per heavy atom. The molecule has 1 aliphatic rings. The molecule has 1 saturated heterocycles. The van der Waals surface area contributed by atoms with Gasteiger partial charge < -0.3 is 10.1 Å². The van der Waals surface area contributed by atoms with Crippen molar-refractivity contribution in [3.63, 3.8) is 0 Å². The van der Waals surface area contributed by atoms with Gasteiger partial charge in [0.1, 0.15) is 0 Å². The molecule has 2 nitrogen and oxygen atoms in total. The van der Waals surface area contributed by atoms with E-state index in [0.717, 1.165) is 26.0 Å². The highest BCUT2D eigenvalue weighted by Gasteiger charge is 2.28. The van der Waals surface area contributed by atoms with Crippen LogP contribution in [0, 0.1) is 6.92 Å². The molecule has 1 aromatic heterocycles. The fourth-order valence-electron chi connectivity index (χ4n) is 2.23. The lowest BCUT2D eigenvalue weighted by Crippen LogP contribution is -2.43. The van der Waals surface area contributed by atoms with Crippen molar-refractivity contribution in [3.8, 4) is 0 Å². The van der Waals surface area contributed by atoms with Crippen LogP contribution in [0.5, 0.6) is 0 Å². The van der Waals surface area contributed by atoms with E-state index in [1.165, 1.54) is 10.4 Å². The van der Waals surface area contributed by atoms with E-state index in [1.807, 2.05) is 11.3 Å². The number of rotatable bonds is 3. The van der Waals surface area contributed by atoms with Crippen molar-refractivity contribution in [2.24, 2.45) is 0 Å². The van der Waals surface area contributed by atoms with E-state index < -0.39 is 0 Å². The molecule has 0 amide bonds. The van der Waals surface area contributed by atoms with Gasteiger partial charge in [0.15, 0.2) is 0 Å². The van der Waals surface area contributed by atoms with Crippen molar-refractivity contribution in [2.75, 3.05) is 6.61 Å². The first-order chi connectivity index (χ1) is 7.57. The molecule has 0 radical (unpaired) electrons. The average Bonchev–Trinajstić information content (AvgIpc) is 2.60. The van der Waals surface area contributed by atoms with Crippen LogP contribution < -0.4 is 5.32 Å². The zero-order valence-corrected chi connectivity index (χ0v) is 11.2. The molecule has 0 saturated carbocycles. The second-order valence-electron chi connectivity index (χ2n) is 5.21. The highest BCUT2D eigenvalue weighted by atomic mass is 32.1. The summed E-state index contributed by atoms with van der Waals surface area (Å²) in [5.74, 6) is 0. The van der Waals surface area contributed by atoms with Gasteiger partial charge in [0.2, 0.25) is 0 Å². The summed E-state index contributed by atoms with van der Waals surface area (Å²) in [7, 11) is 0. The molecule has 2 rings (SSSR count). The van der Waals surface area contributed by atoms with Gasteiger partial charge >= 0.3 is 0 Å². The Morgan fingerprint density at radius 1 is 1.56 bits per heavy atom. The maximum atomic E-state index is 5.72. The zero-order chi connectivity index (χ0) is 11.6. The lowest BCUT2D eigenvalue weighted by atomic mass is 9.94. The molecule has 1 fully saturated rings. The van der Waals surface area contributed by atoms with Crippen LogP contribution in [0.1, 0.15) is 37.1 Å². The summed E-state index contributed by atoms with van der Waals surface area (Å²) in [5.41, 5.74) is 1.45. The Labute approximate surface area is 102 Å². The Morgan fingerprint density at radius 3 is 3.00 bits per heavy atom. The molecule has 0 spiro atoms. The van der Waals surface area contributed by atoms with E-state index >= 15 is 0 Å². The van der Waals surface area contributed by atoms with Gasteiger partial charge in [0.05, 0.1) is 5.60 Å². The number of ether oxygens (including phenoxy) is 1. The van der Waals surface area contributed by atoms with Crippen molar-refractivity contribution >= 4 is 11.3 Å². The normalized spacial score (nSPS) is 24.6. The zero-order valence-electron chi connectivity index (χ0n) is 10.4. The Hall–Kier alpha value is -0.380. The third kappa shape index (κ3) is 3.06. The molecule has 90 valence electrons. The maximum Gasteiger partial charge on any atom is 0.0641 e. The van der Waals surface area contributed by atoms with Crippen molar-refractivity contribution in [3.05, 3.63) is 21.9 Å². The van der Waals surface area contributed by atoms with Crippen LogP contribution >= 0.6 is 11.3 Å². The summed E-state index contributed by atoms with van der Waals surface area (Å²) in [4.78, 5) is 1.46. The van der Waals surface area contributed by atoms with Crippen LogP contribution in [0.4, 0.5) is 0 Å². The standard InChI is InChI=1S/C13H21NOS/c1-10-5-7-16-12(10)9-14-11-4-6-15-13(2,3)8-11/h5,7,11,14H,4,6,8-9H2,1-3H3. The van der Waals surface area contributed by atoms with Crippen LogP contribution in [0.3, 0.4) is 0 Å². The summed E-state index contributed by atoms with van der Waals surface area (Å²) in [6.07, 6.45) is 2.24. The molecule has 1 unspecified atom stereocenters. The third-order valence-electron chi connectivity index (χ3n) is 3.22. The summed E-state index contributed by atoms with van der Waals surface area (Å²) < 4.78 is 5.72. The first-order valence-corrected chi connectivity index (χ1v) is 6.85. The van der Waals surface area contributed by atoms with E-state index in [0.29, 0.717) is 6.04 Å². The first kappa shape index (κ1) is 12.1. The highest BCUT2D eigenvalue weighted by Crippen LogP contribution is 2.24. The van der Waals surface area contributed by atoms with Gasteiger partial charge in [-0.3, -0.25) is 0 Å². The Bertz CT molecular complexity index is 345. The summed E-state index contributed by atoms with van der Waals surface area (Å²) in [6, 6.07) is 2.79. The van der Waals surface area contributed by atoms with E-state index in [-0.39, 0.29) is 5.60 Å². The molecule has 1 aromatic rings. The van der Waals surface area contributed by atoms with E-state index in [1.54, 1.807) is 0 Å². The van der Waals surface area contributed by atoms with Gasteiger partial charge in [-0.05, 0) is 50.6 Å². The van der Waals surface area contributed by atoms with E-state index in [9.17, 15) is 0 Å². The molecule has 1 aliphatic heterocycles. The quantitative estimate of drug-likeness (QED) is 0.875. The van der Waals surface area contributed by atoms with E-state index in [2.05, 4.69) is 37.5 Å². The average molecular weight is 239 g/mol. The monoisotopic (exact) mass is 239 g/mol. The SMILES string of the molecule is Cc1ccsc1CNC1CCOC(C)(C)C1. The summed E-state index contributed by atoms with van der Waals surface area (Å²) >= 11 is 1.84. The molecule has 0 aromatic carbocycles. The second-order valence-corrected chi connectivity index (χ2v) is 6.21. The highest BCUT2D eigenvalue weighted by molar-refractivity contribution is 7.10. The lowest BCUT2D eigenvalue weighted by Gasteiger charge is -2.36. The number of hydrogen-bond acceptors (Lipinski definition) is 3. The predicted molar refractivity (Wildman–Crippen MR) is 68.9 cm³/mol. The van der Waals surface area contributed by atoms with E-state index in [4.69, 9.17) is 4.74 Å². The number of hydrogen-bond donors (Lipinski definition) is 1. The minimum Gasteiger partial charge on any atom is -0.375 e. The van der Waals surface area contributed by atoms with Gasteiger partial charge in [0, 0.05) is 24.1 Å². The van der Waals surface area contributed by atoms with Crippen molar-refractivity contribution in [1.29, 1.82) is 0 Å². The Balaban J connectivity index is 1.84. The van der Waals surface area contributed by atoms with Gasteiger partial charge in [0.25, 0.3) is 0 Å². The molecule has 0 bridgehead atoms. The van der Waals surface area contributed by atoms with Crippen molar-refractivity contribution in [1.82, 2.24) is 5.32 Å². The van der Waals surface area contributed by atoms with Crippen LogP contribution in [-0.4, -0.2) is 18.2 Å². The molecule has 1 N–H and O–H groups in total. The van der Waals surface area contributed by atoms with Crippen LogP contribution in [-0.2, 0) is 11.3 Å². The maximum absolute atomic E-state index is 5.72. The molecule has 3 heteroatoms. The van der Waals surface area contributed by atoms with Gasteiger partial charge in [-0.1, -0.05) is 0 Å². The topological polar surface area (TPSA) is 21.3 Å². The summed E-state index contributed by atoms with van der Waals surface area (Å²) in [5, 5.41) is 5.82. The van der Waals surface area contributed by atoms with Crippen LogP contribution in [0.25, 0.3) is 0 Å². The fourth-order valence-corrected chi connectivity index (χ4v) is 3.09. The van der Waals surface area contributed by atoms with Crippen LogP contribution in [0.2, 0.25) is 0 Å². The molecular weight excluding hydrogens is 218 g/mol. The van der Waals surface area contributed by atoms with Crippen LogP contribution in [0.15, 0.2) is 11.4 Å². The lowest BCUT2D eigenvalue weighted by molar-refractivity contribution is -0.0630. The molecule has 1 atom stereocenters. The minimum absolute atomic E-state index is 0.0421. The predicted octanol–water partition coefficient (Wildman–Crippen LogP) is 3.10. The van der Waals surface area contributed by atoms with Gasteiger partial charge in [-0.25, -0.2) is 0 Å². The largest absolute Gasteiger partial charge is 0.375 e. The smallest absolute Gasteiger partial charge is 0.0641 e. The summed E-state index contributed by atoms with van der Waals surface area (Å²) in [6.45, 7) is 8.42. The molecule has 2 heterocycles. The molecular formula is C13H21NOS. The molecule has 16 heavy (non-hydrogen) atoms. The third-order valence-corrected chi connectivity index (χ3v) is 4.24. The van der Waals surface area contributed by atoms with Gasteiger partial charge in [-0.15, -0.1) is 11.3 Å². The van der Waals surface area contributed by atoms with Crippen molar-refractivity contribution < 1.29 is 4.74 Å².